The molecule has 0 aromatic carbocycles. The van der Waals surface area contributed by atoms with Crippen LogP contribution < -0.4 is 0 Å². The molecule has 0 aromatic heterocycles. The number of rotatable bonds is 1. The maximum absolute atomic E-state index is 4.09. The highest BCUT2D eigenvalue weighted by Gasteiger charge is 2.03. The molecule has 1 nitrogen and oxygen atoms in total. The summed E-state index contributed by atoms with van der Waals surface area (Å²) in [5.74, 6) is 0.683. The molecule has 1 rings (SSSR count). The van der Waals surface area contributed by atoms with E-state index in [9.17, 15) is 0 Å². The molecule has 9 heavy (non-hydrogen) atoms. The molecule has 0 aromatic rings. The molecule has 1 aliphatic heterocycles. The maximum atomic E-state index is 4.09. The minimum absolute atomic E-state index is 0.683. The summed E-state index contributed by atoms with van der Waals surface area (Å²) in [5.41, 5.74) is 1.48. The highest BCUT2D eigenvalue weighted by atomic mass is 14.7. The first-order chi connectivity index (χ1) is 4.30. The Labute approximate surface area is 56.5 Å². The first-order valence-electron chi connectivity index (χ1n) is 3.51. The van der Waals surface area contributed by atoms with Crippen molar-refractivity contribution in [2.45, 2.75) is 26.7 Å². The number of aliphatic imine (C=N–C) groups is 1. The predicted octanol–water partition coefficient (Wildman–Crippen LogP) is 2.39. The van der Waals surface area contributed by atoms with E-state index in [0.29, 0.717) is 5.92 Å². The molecule has 0 bridgehead atoms. The second kappa shape index (κ2) is 2.81. The molecular formula is C8H13N. The monoisotopic (exact) mass is 123 g/mol. The second-order valence-corrected chi connectivity index (χ2v) is 2.73. The van der Waals surface area contributed by atoms with Crippen LogP contribution in [-0.4, -0.2) is 6.21 Å². The lowest BCUT2D eigenvalue weighted by Crippen LogP contribution is -1.97. The van der Waals surface area contributed by atoms with Crippen molar-refractivity contribution in [2.24, 2.45) is 10.9 Å². The lowest BCUT2D eigenvalue weighted by molar-refractivity contribution is 0.713. The van der Waals surface area contributed by atoms with E-state index < -0.39 is 0 Å². The van der Waals surface area contributed by atoms with Gasteiger partial charge in [-0.15, -0.1) is 0 Å². The summed E-state index contributed by atoms with van der Waals surface area (Å²) in [5, 5.41) is 0. The van der Waals surface area contributed by atoms with Crippen molar-refractivity contribution in [3.63, 3.8) is 0 Å². The smallest absolute Gasteiger partial charge is 0.0258 e. The van der Waals surface area contributed by atoms with Gasteiger partial charge in [0.05, 0.1) is 0 Å². The molecule has 0 N–H and O–H groups in total. The molecule has 0 atom stereocenters. The van der Waals surface area contributed by atoms with E-state index in [0.717, 1.165) is 6.42 Å². The van der Waals surface area contributed by atoms with Crippen LogP contribution in [0.3, 0.4) is 0 Å². The van der Waals surface area contributed by atoms with Crippen LogP contribution >= 0.6 is 0 Å². The van der Waals surface area contributed by atoms with Crippen LogP contribution in [0.2, 0.25) is 0 Å². The third kappa shape index (κ3) is 1.67. The third-order valence-electron chi connectivity index (χ3n) is 1.65. The lowest BCUT2D eigenvalue weighted by atomic mass is 9.99. The number of hydrogen-bond acceptors (Lipinski definition) is 1. The predicted molar refractivity (Wildman–Crippen MR) is 40.6 cm³/mol. The summed E-state index contributed by atoms with van der Waals surface area (Å²) in [6.07, 6.45) is 6.31. The fourth-order valence-corrected chi connectivity index (χ4v) is 0.956. The van der Waals surface area contributed by atoms with Crippen molar-refractivity contribution in [1.29, 1.82) is 0 Å². The van der Waals surface area contributed by atoms with Crippen molar-refractivity contribution < 1.29 is 0 Å². The van der Waals surface area contributed by atoms with Gasteiger partial charge in [-0.1, -0.05) is 13.8 Å². The summed E-state index contributed by atoms with van der Waals surface area (Å²) < 4.78 is 0. The molecule has 0 fully saturated rings. The summed E-state index contributed by atoms with van der Waals surface area (Å²) in [7, 11) is 0. The van der Waals surface area contributed by atoms with Gasteiger partial charge in [0.1, 0.15) is 0 Å². The van der Waals surface area contributed by atoms with Gasteiger partial charge in [0.15, 0.2) is 0 Å². The van der Waals surface area contributed by atoms with Crippen molar-refractivity contribution in [3.05, 3.63) is 11.8 Å². The summed E-state index contributed by atoms with van der Waals surface area (Å²) in [6.45, 7) is 4.43. The molecule has 1 heterocycles. The molecule has 0 unspecified atom stereocenters. The van der Waals surface area contributed by atoms with Crippen LogP contribution in [0, 0.1) is 5.92 Å². The summed E-state index contributed by atoms with van der Waals surface area (Å²) in [4.78, 5) is 4.09. The Hall–Kier alpha value is -0.590. The molecule has 0 aliphatic carbocycles. The van der Waals surface area contributed by atoms with E-state index in [4.69, 9.17) is 0 Å². The van der Waals surface area contributed by atoms with Crippen LogP contribution in [-0.2, 0) is 0 Å². The quantitative estimate of drug-likeness (QED) is 0.507. The lowest BCUT2D eigenvalue weighted by Gasteiger charge is -2.10. The van der Waals surface area contributed by atoms with Gasteiger partial charge in [-0.05, 0) is 24.3 Å². The Morgan fingerprint density at radius 2 is 2.33 bits per heavy atom. The van der Waals surface area contributed by atoms with Crippen LogP contribution in [0.1, 0.15) is 26.7 Å². The van der Waals surface area contributed by atoms with E-state index in [1.807, 2.05) is 12.4 Å². The zero-order valence-corrected chi connectivity index (χ0v) is 6.09. The minimum atomic E-state index is 0.683. The van der Waals surface area contributed by atoms with Crippen LogP contribution in [0.25, 0.3) is 0 Å². The molecule has 50 valence electrons. The van der Waals surface area contributed by atoms with E-state index in [-0.39, 0.29) is 0 Å². The first-order valence-corrected chi connectivity index (χ1v) is 3.51. The second-order valence-electron chi connectivity index (χ2n) is 2.73. The van der Waals surface area contributed by atoms with Gasteiger partial charge in [-0.3, -0.25) is 4.99 Å². The molecule has 0 spiro atoms. The zero-order valence-electron chi connectivity index (χ0n) is 6.09. The van der Waals surface area contributed by atoms with Crippen molar-refractivity contribution >= 4 is 6.21 Å². The largest absolute Gasteiger partial charge is 0.269 e. The van der Waals surface area contributed by atoms with Crippen molar-refractivity contribution in [3.8, 4) is 0 Å². The fourth-order valence-electron chi connectivity index (χ4n) is 0.956. The Balaban J connectivity index is 2.57. The Bertz CT molecular complexity index is 143. The SMILES string of the molecule is CC(C)C1=CN=CCC1. The Morgan fingerprint density at radius 1 is 1.56 bits per heavy atom. The molecule has 1 heteroatoms. The van der Waals surface area contributed by atoms with Crippen LogP contribution in [0.5, 0.6) is 0 Å². The van der Waals surface area contributed by atoms with Gasteiger partial charge >= 0.3 is 0 Å². The van der Waals surface area contributed by atoms with Crippen molar-refractivity contribution in [2.75, 3.05) is 0 Å². The van der Waals surface area contributed by atoms with Gasteiger partial charge < -0.3 is 0 Å². The van der Waals surface area contributed by atoms with Crippen LogP contribution in [0.15, 0.2) is 16.8 Å². The normalized spacial score (nSPS) is 18.3. The van der Waals surface area contributed by atoms with E-state index in [1.54, 1.807) is 0 Å². The molecule has 0 radical (unpaired) electrons. The number of nitrogens with zero attached hydrogens (tertiary/aromatic N) is 1. The average molecular weight is 123 g/mol. The molecule has 0 saturated heterocycles. The standard InChI is InChI=1S/C8H13N/c1-7(2)8-4-3-5-9-6-8/h5-7H,3-4H2,1-2H3. The molecule has 0 saturated carbocycles. The molecule has 0 amide bonds. The summed E-state index contributed by atoms with van der Waals surface area (Å²) in [6, 6.07) is 0. The molecule has 1 aliphatic rings. The average Bonchev–Trinajstić information content (AvgIpc) is 1.90. The highest BCUT2D eigenvalue weighted by molar-refractivity contribution is 5.60. The van der Waals surface area contributed by atoms with Gasteiger partial charge in [0.25, 0.3) is 0 Å². The van der Waals surface area contributed by atoms with Gasteiger partial charge in [0.2, 0.25) is 0 Å². The van der Waals surface area contributed by atoms with Gasteiger partial charge in [-0.2, -0.15) is 0 Å². The molecular weight excluding hydrogens is 110 g/mol. The van der Waals surface area contributed by atoms with Crippen LogP contribution in [0.4, 0.5) is 0 Å². The Morgan fingerprint density at radius 3 is 2.67 bits per heavy atom. The number of allylic oxidation sites excluding steroid dienone is 1. The first kappa shape index (κ1) is 6.53. The summed E-state index contributed by atoms with van der Waals surface area (Å²) >= 11 is 0. The number of hydrogen-bond donors (Lipinski definition) is 0. The minimum Gasteiger partial charge on any atom is -0.269 e. The van der Waals surface area contributed by atoms with E-state index >= 15 is 0 Å². The van der Waals surface area contributed by atoms with Gasteiger partial charge in [-0.25, -0.2) is 0 Å². The third-order valence-corrected chi connectivity index (χ3v) is 1.65. The van der Waals surface area contributed by atoms with Gasteiger partial charge in [0, 0.05) is 12.4 Å². The maximum Gasteiger partial charge on any atom is 0.0258 e. The highest BCUT2D eigenvalue weighted by Crippen LogP contribution is 2.17. The van der Waals surface area contributed by atoms with Crippen molar-refractivity contribution in [1.82, 2.24) is 0 Å². The Kier molecular flexibility index (Phi) is 2.04. The topological polar surface area (TPSA) is 12.4 Å². The zero-order chi connectivity index (χ0) is 6.69. The fraction of sp³-hybridized carbons (Fsp3) is 0.625. The van der Waals surface area contributed by atoms with E-state index in [1.165, 1.54) is 12.0 Å². The van der Waals surface area contributed by atoms with E-state index in [2.05, 4.69) is 18.8 Å².